The molecule has 2 aromatic rings. The molecule has 3 nitrogen and oxygen atoms in total. The Morgan fingerprint density at radius 1 is 1.47 bits per heavy atom. The quantitative estimate of drug-likeness (QED) is 0.878. The van der Waals surface area contributed by atoms with Crippen LogP contribution in [0.25, 0.3) is 11.4 Å². The van der Waals surface area contributed by atoms with Gasteiger partial charge in [0.1, 0.15) is 5.82 Å². The molecule has 0 atom stereocenters. The Morgan fingerprint density at radius 3 is 2.87 bits per heavy atom. The van der Waals surface area contributed by atoms with Crippen molar-refractivity contribution in [1.82, 2.24) is 9.97 Å². The molecule has 0 aliphatic rings. The summed E-state index contributed by atoms with van der Waals surface area (Å²) < 4.78 is 1.06. The summed E-state index contributed by atoms with van der Waals surface area (Å²) in [5.41, 5.74) is 2.92. The van der Waals surface area contributed by atoms with Gasteiger partial charge in [0.2, 0.25) is 0 Å². The van der Waals surface area contributed by atoms with E-state index in [-0.39, 0.29) is 6.61 Å². The lowest BCUT2D eigenvalue weighted by atomic mass is 10.1. The number of aromatic amines is 1. The number of aliphatic hydroxyl groups excluding tert-OH is 1. The zero-order chi connectivity index (χ0) is 10.8. The van der Waals surface area contributed by atoms with Crippen molar-refractivity contribution in [2.45, 2.75) is 13.5 Å². The van der Waals surface area contributed by atoms with E-state index in [1.165, 1.54) is 5.56 Å². The number of hydrogen-bond donors (Lipinski definition) is 2. The smallest absolute Gasteiger partial charge is 0.137 e. The molecule has 0 saturated heterocycles. The van der Waals surface area contributed by atoms with Crippen LogP contribution in [0.4, 0.5) is 0 Å². The predicted octanol–water partition coefficient (Wildman–Crippen LogP) is 2.64. The van der Waals surface area contributed by atoms with E-state index in [2.05, 4.69) is 25.9 Å². The lowest BCUT2D eigenvalue weighted by Gasteiger charge is -2.01. The van der Waals surface area contributed by atoms with Crippen LogP contribution in [0.5, 0.6) is 0 Å². The Bertz CT molecular complexity index is 479. The molecule has 2 rings (SSSR count). The number of benzene rings is 1. The van der Waals surface area contributed by atoms with Gasteiger partial charge in [0.25, 0.3) is 0 Å². The van der Waals surface area contributed by atoms with Crippen LogP contribution in [-0.4, -0.2) is 15.1 Å². The Kier molecular flexibility index (Phi) is 2.88. The van der Waals surface area contributed by atoms with Gasteiger partial charge in [-0.1, -0.05) is 28.1 Å². The van der Waals surface area contributed by atoms with Gasteiger partial charge in [-0.3, -0.25) is 0 Å². The third kappa shape index (κ3) is 2.11. The molecule has 1 aromatic carbocycles. The second-order valence-corrected chi connectivity index (χ2v) is 4.23. The first-order chi connectivity index (χ1) is 7.20. The molecule has 0 aliphatic heterocycles. The fourth-order valence-corrected chi connectivity index (χ4v) is 1.71. The van der Waals surface area contributed by atoms with Crippen LogP contribution in [0.3, 0.4) is 0 Å². The van der Waals surface area contributed by atoms with E-state index in [4.69, 9.17) is 5.11 Å². The summed E-state index contributed by atoms with van der Waals surface area (Å²) in [6.45, 7) is 2.02. The molecular weight excluding hydrogens is 256 g/mol. The predicted molar refractivity (Wildman–Crippen MR) is 62.4 cm³/mol. The van der Waals surface area contributed by atoms with Crippen molar-refractivity contribution >= 4 is 15.9 Å². The first-order valence-corrected chi connectivity index (χ1v) is 5.41. The molecule has 0 amide bonds. The van der Waals surface area contributed by atoms with Gasteiger partial charge in [0.15, 0.2) is 0 Å². The maximum Gasteiger partial charge on any atom is 0.137 e. The number of nitrogens with zero attached hydrogens (tertiary/aromatic N) is 1. The van der Waals surface area contributed by atoms with Crippen molar-refractivity contribution < 1.29 is 5.11 Å². The van der Waals surface area contributed by atoms with Crippen LogP contribution in [0.1, 0.15) is 11.3 Å². The van der Waals surface area contributed by atoms with Crippen LogP contribution < -0.4 is 0 Å². The minimum absolute atomic E-state index is 0.0139. The molecule has 0 bridgehead atoms. The lowest BCUT2D eigenvalue weighted by Crippen LogP contribution is -1.84. The summed E-state index contributed by atoms with van der Waals surface area (Å²) in [6.07, 6.45) is 1.64. The van der Waals surface area contributed by atoms with E-state index >= 15 is 0 Å². The molecule has 4 heteroatoms. The van der Waals surface area contributed by atoms with Crippen molar-refractivity contribution in [3.8, 4) is 11.4 Å². The topological polar surface area (TPSA) is 48.9 Å². The summed E-state index contributed by atoms with van der Waals surface area (Å²) in [6, 6.07) is 6.04. The van der Waals surface area contributed by atoms with E-state index in [1.807, 2.05) is 25.1 Å². The Hall–Kier alpha value is -1.13. The highest BCUT2D eigenvalue weighted by Gasteiger charge is 2.04. The van der Waals surface area contributed by atoms with E-state index < -0.39 is 0 Å². The number of aryl methyl sites for hydroxylation is 1. The molecule has 0 unspecified atom stereocenters. The SMILES string of the molecule is Cc1ccc(-c2ncc(CO)[nH]2)cc1Br. The second kappa shape index (κ2) is 4.16. The molecule has 0 saturated carbocycles. The Balaban J connectivity index is 2.40. The summed E-state index contributed by atoms with van der Waals surface area (Å²) in [7, 11) is 0. The summed E-state index contributed by atoms with van der Waals surface area (Å²) in [5.74, 6) is 0.778. The lowest BCUT2D eigenvalue weighted by molar-refractivity contribution is 0.277. The molecule has 0 radical (unpaired) electrons. The maximum atomic E-state index is 8.92. The first kappa shape index (κ1) is 10.4. The second-order valence-electron chi connectivity index (χ2n) is 3.38. The molecule has 1 heterocycles. The highest BCUT2D eigenvalue weighted by Crippen LogP contribution is 2.23. The first-order valence-electron chi connectivity index (χ1n) is 4.62. The molecule has 0 aliphatic carbocycles. The van der Waals surface area contributed by atoms with E-state index in [9.17, 15) is 0 Å². The standard InChI is InChI=1S/C11H11BrN2O/c1-7-2-3-8(4-10(7)12)11-13-5-9(6-15)14-11/h2-5,15H,6H2,1H3,(H,13,14). The van der Waals surface area contributed by atoms with Gasteiger partial charge in [-0.2, -0.15) is 0 Å². The zero-order valence-electron chi connectivity index (χ0n) is 8.29. The summed E-state index contributed by atoms with van der Waals surface area (Å²) >= 11 is 3.48. The number of rotatable bonds is 2. The van der Waals surface area contributed by atoms with Crippen molar-refractivity contribution in [2.24, 2.45) is 0 Å². The third-order valence-electron chi connectivity index (χ3n) is 2.24. The molecule has 0 spiro atoms. The zero-order valence-corrected chi connectivity index (χ0v) is 9.87. The molecular formula is C11H11BrN2O. The number of hydrogen-bond acceptors (Lipinski definition) is 2. The number of imidazole rings is 1. The van der Waals surface area contributed by atoms with Crippen LogP contribution in [0, 0.1) is 6.92 Å². The Labute approximate surface area is 96.3 Å². The van der Waals surface area contributed by atoms with Crippen molar-refractivity contribution in [3.63, 3.8) is 0 Å². The number of H-pyrrole nitrogens is 1. The van der Waals surface area contributed by atoms with Crippen LogP contribution in [0.2, 0.25) is 0 Å². The van der Waals surface area contributed by atoms with Crippen molar-refractivity contribution in [3.05, 3.63) is 40.1 Å². The van der Waals surface area contributed by atoms with Gasteiger partial charge in [0, 0.05) is 10.0 Å². The van der Waals surface area contributed by atoms with Gasteiger partial charge in [-0.05, 0) is 18.6 Å². The van der Waals surface area contributed by atoms with Crippen LogP contribution >= 0.6 is 15.9 Å². The monoisotopic (exact) mass is 266 g/mol. The third-order valence-corrected chi connectivity index (χ3v) is 3.10. The fourth-order valence-electron chi connectivity index (χ4n) is 1.33. The summed E-state index contributed by atoms with van der Waals surface area (Å²) in [4.78, 5) is 7.24. The normalized spacial score (nSPS) is 10.6. The van der Waals surface area contributed by atoms with Crippen LogP contribution in [0.15, 0.2) is 28.9 Å². The molecule has 2 N–H and O–H groups in total. The molecule has 0 fully saturated rings. The summed E-state index contributed by atoms with van der Waals surface area (Å²) in [5, 5.41) is 8.92. The molecule has 78 valence electrons. The van der Waals surface area contributed by atoms with Gasteiger partial charge >= 0.3 is 0 Å². The average Bonchev–Trinajstić information content (AvgIpc) is 2.70. The van der Waals surface area contributed by atoms with E-state index in [0.717, 1.165) is 21.6 Å². The van der Waals surface area contributed by atoms with E-state index in [0.29, 0.717) is 0 Å². The highest BCUT2D eigenvalue weighted by atomic mass is 79.9. The number of aliphatic hydroxyl groups is 1. The number of nitrogens with one attached hydrogen (secondary N) is 1. The van der Waals surface area contributed by atoms with Gasteiger partial charge in [0.05, 0.1) is 18.5 Å². The molecule has 1 aromatic heterocycles. The maximum absolute atomic E-state index is 8.92. The van der Waals surface area contributed by atoms with Crippen LogP contribution in [-0.2, 0) is 6.61 Å². The van der Waals surface area contributed by atoms with Gasteiger partial charge in [-0.15, -0.1) is 0 Å². The largest absolute Gasteiger partial charge is 0.390 e. The minimum Gasteiger partial charge on any atom is -0.390 e. The van der Waals surface area contributed by atoms with Crippen molar-refractivity contribution in [2.75, 3.05) is 0 Å². The van der Waals surface area contributed by atoms with Crippen molar-refractivity contribution in [1.29, 1.82) is 0 Å². The fraction of sp³-hybridized carbons (Fsp3) is 0.182. The van der Waals surface area contributed by atoms with E-state index in [1.54, 1.807) is 6.20 Å². The molecule has 15 heavy (non-hydrogen) atoms. The number of aromatic nitrogens is 2. The van der Waals surface area contributed by atoms with Gasteiger partial charge in [-0.25, -0.2) is 4.98 Å². The average molecular weight is 267 g/mol. The highest BCUT2D eigenvalue weighted by molar-refractivity contribution is 9.10. The minimum atomic E-state index is -0.0139. The number of halogens is 1. The Morgan fingerprint density at radius 2 is 2.27 bits per heavy atom. The van der Waals surface area contributed by atoms with Gasteiger partial charge < -0.3 is 10.1 Å².